The monoisotopic (exact) mass is 335 g/mol. The van der Waals surface area contributed by atoms with Crippen LogP contribution in [0.5, 0.6) is 5.75 Å². The highest BCUT2D eigenvalue weighted by molar-refractivity contribution is 9.09. The SMILES string of the molecule is COCCOC1C(Br)CC1Oc1cncc(Cl)c1. The van der Waals surface area contributed by atoms with Crippen molar-refractivity contribution in [3.63, 3.8) is 0 Å². The fraction of sp³-hybridized carbons (Fsp3) is 0.583. The van der Waals surface area contributed by atoms with Crippen LogP contribution in [0.4, 0.5) is 0 Å². The number of pyridine rings is 1. The van der Waals surface area contributed by atoms with Gasteiger partial charge in [0.2, 0.25) is 0 Å². The summed E-state index contributed by atoms with van der Waals surface area (Å²) in [6.07, 6.45) is 4.21. The Morgan fingerprint density at radius 3 is 2.94 bits per heavy atom. The smallest absolute Gasteiger partial charge is 0.139 e. The Labute approximate surface area is 120 Å². The number of hydrogen-bond acceptors (Lipinski definition) is 4. The minimum Gasteiger partial charge on any atom is -0.486 e. The van der Waals surface area contributed by atoms with Gasteiger partial charge in [0.25, 0.3) is 0 Å². The molecule has 100 valence electrons. The van der Waals surface area contributed by atoms with Gasteiger partial charge in [-0.1, -0.05) is 27.5 Å². The highest BCUT2D eigenvalue weighted by atomic mass is 79.9. The van der Waals surface area contributed by atoms with Crippen molar-refractivity contribution < 1.29 is 14.2 Å². The van der Waals surface area contributed by atoms with Gasteiger partial charge in [0.05, 0.1) is 24.4 Å². The van der Waals surface area contributed by atoms with Crippen LogP contribution in [0.3, 0.4) is 0 Å². The summed E-state index contributed by atoms with van der Waals surface area (Å²) >= 11 is 9.42. The largest absolute Gasteiger partial charge is 0.486 e. The molecular formula is C12H15BrClNO3. The third kappa shape index (κ3) is 3.57. The first kappa shape index (κ1) is 14.1. The van der Waals surface area contributed by atoms with E-state index < -0.39 is 0 Å². The second-order valence-electron chi connectivity index (χ2n) is 4.08. The summed E-state index contributed by atoms with van der Waals surface area (Å²) in [7, 11) is 1.65. The maximum Gasteiger partial charge on any atom is 0.139 e. The normalized spacial score (nSPS) is 26.7. The van der Waals surface area contributed by atoms with E-state index in [9.17, 15) is 0 Å². The summed E-state index contributed by atoms with van der Waals surface area (Å²) < 4.78 is 16.5. The standard InChI is InChI=1S/C12H15BrClNO3/c1-16-2-3-17-12-10(13)5-11(12)18-9-4-8(14)6-15-7-9/h4,6-7,10-12H,2-3,5H2,1H3. The molecule has 1 heterocycles. The lowest BCUT2D eigenvalue weighted by Crippen LogP contribution is -2.52. The van der Waals surface area contributed by atoms with Gasteiger partial charge < -0.3 is 14.2 Å². The lowest BCUT2D eigenvalue weighted by atomic mass is 9.91. The maximum atomic E-state index is 5.86. The minimum atomic E-state index is 0.0338. The van der Waals surface area contributed by atoms with Crippen molar-refractivity contribution in [2.24, 2.45) is 0 Å². The molecule has 0 amide bonds. The van der Waals surface area contributed by atoms with Gasteiger partial charge in [-0.25, -0.2) is 0 Å². The summed E-state index contributed by atoms with van der Waals surface area (Å²) in [6, 6.07) is 1.75. The summed E-state index contributed by atoms with van der Waals surface area (Å²) in [5.74, 6) is 0.673. The molecule has 0 aliphatic heterocycles. The lowest BCUT2D eigenvalue weighted by Gasteiger charge is -2.40. The van der Waals surface area contributed by atoms with E-state index in [1.54, 1.807) is 25.6 Å². The second-order valence-corrected chi connectivity index (χ2v) is 5.69. The zero-order chi connectivity index (χ0) is 13.0. The highest BCUT2D eigenvalue weighted by Gasteiger charge is 2.42. The van der Waals surface area contributed by atoms with Crippen molar-refractivity contribution in [3.8, 4) is 5.75 Å². The lowest BCUT2D eigenvalue weighted by molar-refractivity contribution is -0.0866. The topological polar surface area (TPSA) is 40.6 Å². The molecule has 1 aliphatic carbocycles. The first-order valence-electron chi connectivity index (χ1n) is 5.72. The van der Waals surface area contributed by atoms with E-state index in [4.69, 9.17) is 25.8 Å². The third-order valence-electron chi connectivity index (χ3n) is 2.75. The van der Waals surface area contributed by atoms with Crippen molar-refractivity contribution in [3.05, 3.63) is 23.5 Å². The molecule has 0 aromatic carbocycles. The molecule has 4 nitrogen and oxygen atoms in total. The van der Waals surface area contributed by atoms with Crippen molar-refractivity contribution in [1.82, 2.24) is 4.98 Å². The average molecular weight is 337 g/mol. The molecule has 2 rings (SSSR count). The van der Waals surface area contributed by atoms with Gasteiger partial charge in [-0.05, 0) is 0 Å². The highest BCUT2D eigenvalue weighted by Crippen LogP contribution is 2.34. The fourth-order valence-corrected chi connectivity index (χ4v) is 2.78. The van der Waals surface area contributed by atoms with Crippen LogP contribution in [-0.2, 0) is 9.47 Å². The van der Waals surface area contributed by atoms with Crippen LogP contribution in [0, 0.1) is 0 Å². The van der Waals surface area contributed by atoms with Gasteiger partial charge in [0.15, 0.2) is 0 Å². The predicted octanol–water partition coefficient (Wildman–Crippen LogP) is 2.68. The number of aromatic nitrogens is 1. The second kappa shape index (κ2) is 6.70. The van der Waals surface area contributed by atoms with Crippen LogP contribution in [0.1, 0.15) is 6.42 Å². The average Bonchev–Trinajstić information content (AvgIpc) is 2.34. The first-order chi connectivity index (χ1) is 8.70. The zero-order valence-electron chi connectivity index (χ0n) is 10.0. The molecule has 1 fully saturated rings. The van der Waals surface area contributed by atoms with E-state index in [1.807, 2.05) is 0 Å². The van der Waals surface area contributed by atoms with Gasteiger partial charge >= 0.3 is 0 Å². The van der Waals surface area contributed by atoms with Gasteiger partial charge in [-0.2, -0.15) is 0 Å². The van der Waals surface area contributed by atoms with E-state index in [0.29, 0.717) is 28.8 Å². The van der Waals surface area contributed by atoms with Gasteiger partial charge in [0.1, 0.15) is 18.0 Å². The number of alkyl halides is 1. The third-order valence-corrected chi connectivity index (χ3v) is 3.85. The number of hydrogen-bond donors (Lipinski definition) is 0. The van der Waals surface area contributed by atoms with Crippen LogP contribution in [0.25, 0.3) is 0 Å². The van der Waals surface area contributed by atoms with Crippen LogP contribution >= 0.6 is 27.5 Å². The minimum absolute atomic E-state index is 0.0338. The van der Waals surface area contributed by atoms with Gasteiger partial charge in [0, 0.05) is 30.6 Å². The van der Waals surface area contributed by atoms with E-state index in [0.717, 1.165) is 6.42 Å². The molecule has 3 unspecified atom stereocenters. The molecule has 0 saturated heterocycles. The van der Waals surface area contributed by atoms with Crippen LogP contribution in [0.15, 0.2) is 18.5 Å². The molecule has 1 aliphatic rings. The molecule has 1 saturated carbocycles. The summed E-state index contributed by atoms with van der Waals surface area (Å²) in [5, 5.41) is 0.569. The zero-order valence-corrected chi connectivity index (χ0v) is 12.4. The Bertz CT molecular complexity index is 393. The molecular weight excluding hydrogens is 321 g/mol. The van der Waals surface area contributed by atoms with Gasteiger partial charge in [-0.3, -0.25) is 4.98 Å². The molecule has 6 heteroatoms. The van der Waals surface area contributed by atoms with Crippen molar-refractivity contribution in [2.75, 3.05) is 20.3 Å². The van der Waals surface area contributed by atoms with Gasteiger partial charge in [-0.15, -0.1) is 0 Å². The van der Waals surface area contributed by atoms with Crippen LogP contribution in [0.2, 0.25) is 5.02 Å². The molecule has 0 N–H and O–H groups in total. The van der Waals surface area contributed by atoms with E-state index in [2.05, 4.69) is 20.9 Å². The molecule has 1 aromatic rings. The number of ether oxygens (including phenoxy) is 3. The first-order valence-corrected chi connectivity index (χ1v) is 7.02. The molecule has 0 spiro atoms. The summed E-state index contributed by atoms with van der Waals surface area (Å²) in [4.78, 5) is 4.31. The van der Waals surface area contributed by atoms with Crippen molar-refractivity contribution in [2.45, 2.75) is 23.5 Å². The predicted molar refractivity (Wildman–Crippen MR) is 72.6 cm³/mol. The van der Waals surface area contributed by atoms with Crippen LogP contribution in [-0.4, -0.2) is 42.3 Å². The van der Waals surface area contributed by atoms with Crippen molar-refractivity contribution in [1.29, 1.82) is 0 Å². The maximum absolute atomic E-state index is 5.86. The molecule has 3 atom stereocenters. The quantitative estimate of drug-likeness (QED) is 0.591. The molecule has 1 aromatic heterocycles. The fourth-order valence-electron chi connectivity index (χ4n) is 1.75. The van der Waals surface area contributed by atoms with Crippen molar-refractivity contribution >= 4 is 27.5 Å². The van der Waals surface area contributed by atoms with E-state index in [-0.39, 0.29) is 12.2 Å². The molecule has 0 bridgehead atoms. The van der Waals surface area contributed by atoms with E-state index in [1.165, 1.54) is 0 Å². The number of halogens is 2. The van der Waals surface area contributed by atoms with E-state index >= 15 is 0 Å². The molecule has 18 heavy (non-hydrogen) atoms. The Balaban J connectivity index is 1.85. The number of rotatable bonds is 6. The number of nitrogens with zero attached hydrogens (tertiary/aromatic N) is 1. The van der Waals surface area contributed by atoms with Crippen LogP contribution < -0.4 is 4.74 Å². The Morgan fingerprint density at radius 2 is 2.28 bits per heavy atom. The summed E-state index contributed by atoms with van der Waals surface area (Å²) in [5.41, 5.74) is 0. The summed E-state index contributed by atoms with van der Waals surface area (Å²) in [6.45, 7) is 1.15. The Morgan fingerprint density at radius 1 is 1.44 bits per heavy atom. The molecule has 0 radical (unpaired) electrons. The Kier molecular flexibility index (Phi) is 5.24. The Hall–Kier alpha value is -0.360. The number of methoxy groups -OCH3 is 1.